The zero-order valence-corrected chi connectivity index (χ0v) is 18.7. The van der Waals surface area contributed by atoms with E-state index in [9.17, 15) is 4.79 Å². The third-order valence-corrected chi connectivity index (χ3v) is 4.84. The molecule has 0 aromatic carbocycles. The highest BCUT2D eigenvalue weighted by Gasteiger charge is 2.30. The number of ether oxygens (including phenoxy) is 2. The fraction of sp³-hybridized carbons (Fsp3) is 0.476. The van der Waals surface area contributed by atoms with Gasteiger partial charge >= 0.3 is 6.09 Å². The van der Waals surface area contributed by atoms with Crippen molar-refractivity contribution in [1.29, 1.82) is 0 Å². The largest absolute Gasteiger partial charge is 0.480 e. The van der Waals surface area contributed by atoms with Crippen molar-refractivity contribution in [3.63, 3.8) is 0 Å². The van der Waals surface area contributed by atoms with Crippen molar-refractivity contribution < 1.29 is 14.3 Å². The predicted molar refractivity (Wildman–Crippen MR) is 118 cm³/mol. The fourth-order valence-electron chi connectivity index (χ4n) is 3.28. The lowest BCUT2D eigenvalue weighted by atomic mass is 10.1. The van der Waals surface area contributed by atoms with Gasteiger partial charge in [0.2, 0.25) is 5.88 Å². The second-order valence-electron chi connectivity index (χ2n) is 8.21. The first-order chi connectivity index (χ1) is 14.2. The normalized spacial score (nSPS) is 16.9. The van der Waals surface area contributed by atoms with E-state index in [0.29, 0.717) is 42.0 Å². The Balaban J connectivity index is 1.64. The molecule has 1 aliphatic rings. The summed E-state index contributed by atoms with van der Waals surface area (Å²) < 4.78 is 10.7. The number of pyridine rings is 2. The Morgan fingerprint density at radius 1 is 1.23 bits per heavy atom. The minimum atomic E-state index is -0.495. The molecule has 30 heavy (non-hydrogen) atoms. The van der Waals surface area contributed by atoms with E-state index >= 15 is 0 Å². The number of amides is 1. The average molecular weight is 434 g/mol. The summed E-state index contributed by atoms with van der Waals surface area (Å²) in [7, 11) is 1.55. The van der Waals surface area contributed by atoms with Gasteiger partial charge < -0.3 is 24.6 Å². The second kappa shape index (κ2) is 8.95. The van der Waals surface area contributed by atoms with Gasteiger partial charge in [-0.15, -0.1) is 0 Å². The number of nitrogens with one attached hydrogen (secondary N) is 1. The molecule has 8 nitrogen and oxygen atoms in total. The number of rotatable bonds is 4. The molecule has 1 fully saturated rings. The SMILES string of the molecule is COc1ncc(Cl)cc1Nc1ccc(N2CCN(C(=O)OC(C)(C)C)CC2C)cn1. The third-order valence-electron chi connectivity index (χ3n) is 4.63. The van der Waals surface area contributed by atoms with Crippen LogP contribution in [0.15, 0.2) is 30.6 Å². The van der Waals surface area contributed by atoms with Crippen LogP contribution in [0.5, 0.6) is 5.88 Å². The number of carbonyl (C=O) groups is 1. The van der Waals surface area contributed by atoms with Crippen LogP contribution in [0.1, 0.15) is 27.7 Å². The molecule has 1 saturated heterocycles. The van der Waals surface area contributed by atoms with Gasteiger partial charge in [0, 0.05) is 31.9 Å². The van der Waals surface area contributed by atoms with Crippen LogP contribution in [0.2, 0.25) is 5.02 Å². The minimum absolute atomic E-state index is 0.143. The van der Waals surface area contributed by atoms with E-state index in [0.717, 1.165) is 5.69 Å². The van der Waals surface area contributed by atoms with Crippen molar-refractivity contribution in [2.75, 3.05) is 37.0 Å². The standard InChI is InChI=1S/C21H28ClN5O3/c1-14-13-26(20(28)30-21(2,3)4)8-9-27(14)16-6-7-18(23-12-16)25-17-10-15(22)11-24-19(17)29-5/h6-7,10-12,14H,8-9,13H2,1-5H3,(H,23,25). The highest BCUT2D eigenvalue weighted by molar-refractivity contribution is 6.30. The van der Waals surface area contributed by atoms with E-state index in [-0.39, 0.29) is 12.1 Å². The Morgan fingerprint density at radius 2 is 2.00 bits per heavy atom. The summed E-state index contributed by atoms with van der Waals surface area (Å²) in [5.74, 6) is 1.10. The molecule has 0 aliphatic carbocycles. The predicted octanol–water partition coefficient (Wildman–Crippen LogP) is 4.33. The monoisotopic (exact) mass is 433 g/mol. The topological polar surface area (TPSA) is 79.8 Å². The van der Waals surface area contributed by atoms with Gasteiger partial charge in [0.15, 0.2) is 0 Å². The maximum absolute atomic E-state index is 12.3. The third kappa shape index (κ3) is 5.44. The lowest BCUT2D eigenvalue weighted by molar-refractivity contribution is 0.0219. The maximum Gasteiger partial charge on any atom is 0.410 e. The molecule has 1 aliphatic heterocycles. The number of hydrogen-bond donors (Lipinski definition) is 1. The number of carbonyl (C=O) groups excluding carboxylic acids is 1. The first kappa shape index (κ1) is 22.0. The van der Waals surface area contributed by atoms with Gasteiger partial charge in [0.1, 0.15) is 17.1 Å². The lowest BCUT2D eigenvalue weighted by Crippen LogP contribution is -2.54. The van der Waals surface area contributed by atoms with E-state index in [2.05, 4.69) is 27.1 Å². The highest BCUT2D eigenvalue weighted by Crippen LogP contribution is 2.28. The number of hydrogen-bond acceptors (Lipinski definition) is 7. The number of aromatic nitrogens is 2. The summed E-state index contributed by atoms with van der Waals surface area (Å²) in [6.07, 6.45) is 3.07. The summed E-state index contributed by atoms with van der Waals surface area (Å²) in [6, 6.07) is 5.77. The average Bonchev–Trinajstić information content (AvgIpc) is 2.67. The molecule has 1 amide bonds. The van der Waals surface area contributed by atoms with Gasteiger partial charge in [0.25, 0.3) is 0 Å². The van der Waals surface area contributed by atoms with Gasteiger partial charge in [-0.25, -0.2) is 14.8 Å². The van der Waals surface area contributed by atoms with Crippen LogP contribution in [0.25, 0.3) is 0 Å². The molecule has 0 bridgehead atoms. The van der Waals surface area contributed by atoms with Crippen LogP contribution in [0.4, 0.5) is 22.0 Å². The maximum atomic E-state index is 12.3. The molecule has 0 radical (unpaired) electrons. The molecule has 2 aromatic heterocycles. The summed E-state index contributed by atoms with van der Waals surface area (Å²) in [6.45, 7) is 9.62. The first-order valence-electron chi connectivity index (χ1n) is 9.83. The van der Waals surface area contributed by atoms with Crippen LogP contribution in [0.3, 0.4) is 0 Å². The molecule has 162 valence electrons. The Hall–Kier alpha value is -2.74. The summed E-state index contributed by atoms with van der Waals surface area (Å²) in [4.78, 5) is 25.0. The molecule has 0 saturated carbocycles. The number of halogens is 1. The van der Waals surface area contributed by atoms with Crippen molar-refractivity contribution in [2.45, 2.75) is 39.3 Å². The second-order valence-corrected chi connectivity index (χ2v) is 8.64. The van der Waals surface area contributed by atoms with Gasteiger partial charge in [0.05, 0.1) is 24.0 Å². The number of nitrogens with zero attached hydrogens (tertiary/aromatic N) is 4. The van der Waals surface area contributed by atoms with E-state index in [1.165, 1.54) is 6.20 Å². The van der Waals surface area contributed by atoms with Crippen molar-refractivity contribution in [2.24, 2.45) is 0 Å². The van der Waals surface area contributed by atoms with E-state index in [1.807, 2.05) is 39.1 Å². The minimum Gasteiger partial charge on any atom is -0.480 e. The molecule has 3 heterocycles. The van der Waals surface area contributed by atoms with Gasteiger partial charge in [-0.05, 0) is 45.9 Å². The molecular formula is C21H28ClN5O3. The Morgan fingerprint density at radius 3 is 2.60 bits per heavy atom. The Bertz CT molecular complexity index is 885. The van der Waals surface area contributed by atoms with Gasteiger partial charge in [-0.1, -0.05) is 11.6 Å². The lowest BCUT2D eigenvalue weighted by Gasteiger charge is -2.41. The molecule has 1 atom stereocenters. The molecule has 1 N–H and O–H groups in total. The molecule has 1 unspecified atom stereocenters. The Labute approximate surface area is 182 Å². The summed E-state index contributed by atoms with van der Waals surface area (Å²) in [5, 5.41) is 3.68. The van der Waals surface area contributed by atoms with Crippen molar-refractivity contribution in [3.05, 3.63) is 35.6 Å². The molecule has 0 spiro atoms. The van der Waals surface area contributed by atoms with E-state index < -0.39 is 5.60 Å². The first-order valence-corrected chi connectivity index (χ1v) is 10.2. The van der Waals surface area contributed by atoms with Crippen LogP contribution < -0.4 is 15.0 Å². The summed E-state index contributed by atoms with van der Waals surface area (Å²) >= 11 is 6.03. The molecular weight excluding hydrogens is 406 g/mol. The van der Waals surface area contributed by atoms with Crippen molar-refractivity contribution in [1.82, 2.24) is 14.9 Å². The summed E-state index contributed by atoms with van der Waals surface area (Å²) in [5.41, 5.74) is 1.14. The number of anilines is 3. The van der Waals surface area contributed by atoms with E-state index in [4.69, 9.17) is 21.1 Å². The van der Waals surface area contributed by atoms with Crippen LogP contribution in [0, 0.1) is 0 Å². The van der Waals surface area contributed by atoms with Crippen molar-refractivity contribution in [3.8, 4) is 5.88 Å². The van der Waals surface area contributed by atoms with Crippen LogP contribution >= 0.6 is 11.6 Å². The molecule has 2 aromatic rings. The number of piperazine rings is 1. The molecule has 3 rings (SSSR count). The smallest absolute Gasteiger partial charge is 0.410 e. The Kier molecular flexibility index (Phi) is 6.55. The fourth-order valence-corrected chi connectivity index (χ4v) is 3.44. The quantitative estimate of drug-likeness (QED) is 0.768. The zero-order valence-electron chi connectivity index (χ0n) is 18.0. The van der Waals surface area contributed by atoms with Crippen LogP contribution in [-0.4, -0.2) is 59.3 Å². The van der Waals surface area contributed by atoms with E-state index in [1.54, 1.807) is 18.1 Å². The molecule has 9 heteroatoms. The van der Waals surface area contributed by atoms with Gasteiger partial charge in [-0.3, -0.25) is 0 Å². The van der Waals surface area contributed by atoms with Crippen molar-refractivity contribution >= 4 is 34.9 Å². The van der Waals surface area contributed by atoms with Gasteiger partial charge in [-0.2, -0.15) is 0 Å². The van der Waals surface area contributed by atoms with Crippen LogP contribution in [-0.2, 0) is 4.74 Å². The highest BCUT2D eigenvalue weighted by atomic mass is 35.5. The zero-order chi connectivity index (χ0) is 21.9. The number of methoxy groups -OCH3 is 1.